The summed E-state index contributed by atoms with van der Waals surface area (Å²) in [6.07, 6.45) is 2.76. The minimum Gasteiger partial charge on any atom is -0.365 e. The van der Waals surface area contributed by atoms with Crippen molar-refractivity contribution in [2.75, 3.05) is 11.1 Å². The predicted molar refractivity (Wildman–Crippen MR) is 113 cm³/mol. The summed E-state index contributed by atoms with van der Waals surface area (Å²) < 4.78 is 1.58. The number of rotatable bonds is 6. The lowest BCUT2D eigenvalue weighted by atomic mass is 9.88. The lowest BCUT2D eigenvalue weighted by Gasteiger charge is -2.18. The molecule has 0 spiro atoms. The molecule has 0 radical (unpaired) electrons. The number of hydrogen-bond acceptors (Lipinski definition) is 7. The fraction of sp³-hybridized carbons (Fsp3) is 0.316. The molecular formula is C19H20N6O2S2. The summed E-state index contributed by atoms with van der Waals surface area (Å²) in [5.41, 5.74) is 7.89. The number of thioether (sulfide) groups is 1. The highest BCUT2D eigenvalue weighted by Crippen LogP contribution is 2.39. The van der Waals surface area contributed by atoms with Crippen molar-refractivity contribution < 1.29 is 9.59 Å². The Bertz CT molecular complexity index is 1050. The van der Waals surface area contributed by atoms with Crippen molar-refractivity contribution in [3.8, 4) is 5.69 Å². The van der Waals surface area contributed by atoms with Crippen molar-refractivity contribution in [2.24, 2.45) is 11.7 Å². The first kappa shape index (κ1) is 19.6. The molecule has 0 bridgehead atoms. The average Bonchev–Trinajstić information content (AvgIpc) is 3.30. The Morgan fingerprint density at radius 2 is 2.14 bits per heavy atom. The number of aromatic nitrogens is 4. The van der Waals surface area contributed by atoms with Gasteiger partial charge in [0.25, 0.3) is 5.91 Å². The molecule has 8 nitrogen and oxygen atoms in total. The van der Waals surface area contributed by atoms with Crippen molar-refractivity contribution >= 4 is 39.9 Å². The van der Waals surface area contributed by atoms with Gasteiger partial charge in [-0.15, -0.1) is 16.4 Å². The van der Waals surface area contributed by atoms with Crippen LogP contribution in [0.5, 0.6) is 0 Å². The molecule has 0 saturated carbocycles. The fourth-order valence-electron chi connectivity index (χ4n) is 3.39. The number of anilines is 1. The maximum atomic E-state index is 12.6. The maximum absolute atomic E-state index is 12.6. The van der Waals surface area contributed by atoms with Gasteiger partial charge >= 0.3 is 0 Å². The molecule has 3 aromatic rings. The molecule has 3 N–H and O–H groups in total. The van der Waals surface area contributed by atoms with Gasteiger partial charge < -0.3 is 11.1 Å². The highest BCUT2D eigenvalue weighted by atomic mass is 32.2. The number of thiophene rings is 1. The van der Waals surface area contributed by atoms with Gasteiger partial charge in [0.1, 0.15) is 5.00 Å². The Morgan fingerprint density at radius 1 is 1.34 bits per heavy atom. The summed E-state index contributed by atoms with van der Waals surface area (Å²) in [7, 11) is 0. The molecule has 10 heteroatoms. The van der Waals surface area contributed by atoms with E-state index >= 15 is 0 Å². The minimum atomic E-state index is -0.493. The molecule has 0 saturated heterocycles. The van der Waals surface area contributed by atoms with E-state index in [0.717, 1.165) is 35.4 Å². The Kier molecular flexibility index (Phi) is 5.63. The number of hydrogen-bond donors (Lipinski definition) is 2. The van der Waals surface area contributed by atoms with Gasteiger partial charge in [-0.1, -0.05) is 36.9 Å². The number of nitrogens with one attached hydrogen (secondary N) is 1. The lowest BCUT2D eigenvalue weighted by molar-refractivity contribution is -0.113. The molecule has 2 heterocycles. The van der Waals surface area contributed by atoms with E-state index in [4.69, 9.17) is 5.73 Å². The van der Waals surface area contributed by atoms with Gasteiger partial charge in [0.2, 0.25) is 11.1 Å². The van der Waals surface area contributed by atoms with Gasteiger partial charge in [-0.25, -0.2) is 0 Å². The van der Waals surface area contributed by atoms with E-state index in [-0.39, 0.29) is 11.7 Å². The fourth-order valence-corrected chi connectivity index (χ4v) is 5.52. The number of amides is 2. The molecule has 29 heavy (non-hydrogen) atoms. The first-order valence-corrected chi connectivity index (χ1v) is 11.0. The summed E-state index contributed by atoms with van der Waals surface area (Å²) in [6, 6.07) is 9.46. The van der Waals surface area contributed by atoms with Crippen LogP contribution < -0.4 is 11.1 Å². The average molecular weight is 429 g/mol. The molecule has 0 fully saturated rings. The van der Waals surface area contributed by atoms with E-state index < -0.39 is 5.91 Å². The largest absolute Gasteiger partial charge is 0.365 e. The van der Waals surface area contributed by atoms with Gasteiger partial charge in [-0.3, -0.25) is 9.59 Å². The molecule has 4 rings (SSSR count). The number of fused-ring (bicyclic) bond motifs is 1. The number of nitrogens with zero attached hydrogens (tertiary/aromatic N) is 4. The van der Waals surface area contributed by atoms with Crippen LogP contribution in [0.3, 0.4) is 0 Å². The van der Waals surface area contributed by atoms with Gasteiger partial charge in [-0.2, -0.15) is 4.68 Å². The maximum Gasteiger partial charge on any atom is 0.251 e. The van der Waals surface area contributed by atoms with E-state index in [2.05, 4.69) is 27.8 Å². The van der Waals surface area contributed by atoms with Gasteiger partial charge in [0.05, 0.1) is 17.0 Å². The van der Waals surface area contributed by atoms with E-state index in [9.17, 15) is 9.59 Å². The summed E-state index contributed by atoms with van der Waals surface area (Å²) in [5, 5.41) is 15.6. The minimum absolute atomic E-state index is 0.115. The van der Waals surface area contributed by atoms with E-state index in [1.165, 1.54) is 23.1 Å². The standard InChI is InChI=1S/C19H20N6O2S2/c1-11-7-8-13-14(9-11)29-18(16(13)17(20)27)21-15(26)10-28-19-22-23-24-25(19)12-5-3-2-4-6-12/h2-6,11H,7-10H2,1H3,(H2,20,27)(H,21,26)/t11-/m1/s1. The van der Waals surface area contributed by atoms with Crippen molar-refractivity contribution in [3.63, 3.8) is 0 Å². The summed E-state index contributed by atoms with van der Waals surface area (Å²) in [5.74, 6) is -0.0395. The van der Waals surface area contributed by atoms with Gasteiger partial charge in [0, 0.05) is 4.88 Å². The molecule has 0 aliphatic heterocycles. The molecule has 2 amide bonds. The molecule has 2 aromatic heterocycles. The Balaban J connectivity index is 1.47. The third kappa shape index (κ3) is 4.18. The van der Waals surface area contributed by atoms with E-state index in [1.54, 1.807) is 4.68 Å². The van der Waals surface area contributed by atoms with Crippen LogP contribution in [0.15, 0.2) is 35.5 Å². The molecule has 0 unspecified atom stereocenters. The van der Waals surface area contributed by atoms with Crippen LogP contribution in [0, 0.1) is 5.92 Å². The second kappa shape index (κ2) is 8.34. The zero-order chi connectivity index (χ0) is 20.4. The van der Waals surface area contributed by atoms with Crippen LogP contribution in [0.25, 0.3) is 5.69 Å². The van der Waals surface area contributed by atoms with Crippen LogP contribution in [-0.4, -0.2) is 37.8 Å². The van der Waals surface area contributed by atoms with Crippen LogP contribution in [0.1, 0.15) is 34.1 Å². The van der Waals surface area contributed by atoms with Gasteiger partial charge in [-0.05, 0) is 53.3 Å². The number of carbonyl (C=O) groups excluding carboxylic acids is 2. The normalized spacial score (nSPS) is 15.7. The zero-order valence-electron chi connectivity index (χ0n) is 15.8. The van der Waals surface area contributed by atoms with Crippen molar-refractivity contribution in [1.82, 2.24) is 20.2 Å². The van der Waals surface area contributed by atoms with E-state index in [0.29, 0.717) is 21.6 Å². The van der Waals surface area contributed by atoms with Crippen molar-refractivity contribution in [3.05, 3.63) is 46.3 Å². The molecule has 1 aliphatic carbocycles. The van der Waals surface area contributed by atoms with Crippen LogP contribution in [0.4, 0.5) is 5.00 Å². The summed E-state index contributed by atoms with van der Waals surface area (Å²) >= 11 is 2.69. The third-order valence-electron chi connectivity index (χ3n) is 4.79. The Morgan fingerprint density at radius 3 is 2.90 bits per heavy atom. The molecule has 1 aliphatic rings. The Hall–Kier alpha value is -2.72. The number of benzene rings is 1. The third-order valence-corrected chi connectivity index (χ3v) is 6.87. The van der Waals surface area contributed by atoms with Crippen molar-refractivity contribution in [2.45, 2.75) is 31.3 Å². The highest BCUT2D eigenvalue weighted by Gasteiger charge is 2.27. The molecule has 1 aromatic carbocycles. The summed E-state index contributed by atoms with van der Waals surface area (Å²) in [4.78, 5) is 25.7. The van der Waals surface area contributed by atoms with Crippen molar-refractivity contribution in [1.29, 1.82) is 0 Å². The molecule has 150 valence electrons. The number of carbonyl (C=O) groups is 2. The number of nitrogens with two attached hydrogens (primary N) is 1. The van der Waals surface area contributed by atoms with Crippen LogP contribution >= 0.6 is 23.1 Å². The highest BCUT2D eigenvalue weighted by molar-refractivity contribution is 7.99. The first-order chi connectivity index (χ1) is 14.0. The summed E-state index contributed by atoms with van der Waals surface area (Å²) in [6.45, 7) is 2.19. The quantitative estimate of drug-likeness (QED) is 0.583. The zero-order valence-corrected chi connectivity index (χ0v) is 17.4. The SMILES string of the molecule is C[C@@H]1CCc2c(sc(NC(=O)CSc3nnnn3-c3ccccc3)c2C(N)=O)C1. The Labute approximate surface area is 175 Å². The smallest absolute Gasteiger partial charge is 0.251 e. The topological polar surface area (TPSA) is 116 Å². The van der Waals surface area contributed by atoms with E-state index in [1.807, 2.05) is 30.3 Å². The van der Waals surface area contributed by atoms with Crippen LogP contribution in [0.2, 0.25) is 0 Å². The predicted octanol–water partition coefficient (Wildman–Crippen LogP) is 2.68. The second-order valence-corrected chi connectivity index (χ2v) is 9.01. The van der Waals surface area contributed by atoms with Crippen LogP contribution in [-0.2, 0) is 17.6 Å². The number of para-hydroxylation sites is 1. The monoisotopic (exact) mass is 428 g/mol. The number of primary amides is 1. The molecule has 1 atom stereocenters. The number of tetrazole rings is 1. The molecular weight excluding hydrogens is 408 g/mol. The second-order valence-electron chi connectivity index (χ2n) is 6.97. The first-order valence-electron chi connectivity index (χ1n) is 9.23. The lowest BCUT2D eigenvalue weighted by Crippen LogP contribution is -2.20. The van der Waals surface area contributed by atoms with Gasteiger partial charge in [0.15, 0.2) is 0 Å².